The molecule has 0 aliphatic rings. The van der Waals surface area contributed by atoms with E-state index in [1.807, 2.05) is 26.0 Å². The van der Waals surface area contributed by atoms with Crippen LogP contribution in [0.2, 0.25) is 0 Å². The Labute approximate surface area is 94.4 Å². The molecule has 2 rings (SSSR count). The molecule has 0 aromatic carbocycles. The van der Waals surface area contributed by atoms with Gasteiger partial charge in [-0.25, -0.2) is 0 Å². The first-order chi connectivity index (χ1) is 7.72. The molecule has 16 heavy (non-hydrogen) atoms. The van der Waals surface area contributed by atoms with Crippen molar-refractivity contribution in [3.05, 3.63) is 47.4 Å². The van der Waals surface area contributed by atoms with Gasteiger partial charge in [-0.3, -0.25) is 9.97 Å². The Kier molecular flexibility index (Phi) is 2.65. The Balaban J connectivity index is 2.60. The van der Waals surface area contributed by atoms with Gasteiger partial charge in [-0.15, -0.1) is 0 Å². The topological polar surface area (TPSA) is 49.6 Å². The van der Waals surface area contributed by atoms with Crippen molar-refractivity contribution in [2.24, 2.45) is 0 Å². The van der Waals surface area contributed by atoms with Gasteiger partial charge in [0.05, 0.1) is 17.3 Å². The minimum Gasteiger partial charge on any atom is -0.264 e. The normalized spacial score (nSPS) is 9.81. The SMILES string of the molecule is Cc1ccc(-c2cnccc2C#N)nc1C. The third kappa shape index (κ3) is 1.78. The molecule has 0 bridgehead atoms. The number of nitriles is 1. The molecule has 0 aliphatic heterocycles. The van der Waals surface area contributed by atoms with Crippen molar-refractivity contribution in [3.8, 4) is 17.3 Å². The fourth-order valence-corrected chi connectivity index (χ4v) is 1.48. The molecule has 0 radical (unpaired) electrons. The average Bonchev–Trinajstić information content (AvgIpc) is 2.32. The molecule has 0 unspecified atom stereocenters. The Morgan fingerprint density at radius 3 is 2.69 bits per heavy atom. The average molecular weight is 209 g/mol. The van der Waals surface area contributed by atoms with Crippen molar-refractivity contribution in [2.45, 2.75) is 13.8 Å². The maximum atomic E-state index is 9.00. The molecule has 78 valence electrons. The predicted molar refractivity (Wildman–Crippen MR) is 61.7 cm³/mol. The van der Waals surface area contributed by atoms with E-state index in [1.165, 1.54) is 0 Å². The lowest BCUT2D eigenvalue weighted by atomic mass is 10.1. The van der Waals surface area contributed by atoms with Crippen LogP contribution in [0.5, 0.6) is 0 Å². The molecule has 3 nitrogen and oxygen atoms in total. The maximum Gasteiger partial charge on any atom is 0.0999 e. The molecule has 0 aliphatic carbocycles. The van der Waals surface area contributed by atoms with Gasteiger partial charge in [0.15, 0.2) is 0 Å². The summed E-state index contributed by atoms with van der Waals surface area (Å²) in [5.41, 5.74) is 4.31. The van der Waals surface area contributed by atoms with Crippen LogP contribution < -0.4 is 0 Å². The van der Waals surface area contributed by atoms with Gasteiger partial charge in [-0.05, 0) is 31.5 Å². The molecular formula is C13H11N3. The van der Waals surface area contributed by atoms with Crippen molar-refractivity contribution in [1.82, 2.24) is 9.97 Å². The van der Waals surface area contributed by atoms with Crippen LogP contribution in [0.15, 0.2) is 30.6 Å². The molecule has 0 atom stereocenters. The summed E-state index contributed by atoms with van der Waals surface area (Å²) in [6.45, 7) is 3.97. The molecule has 2 heterocycles. The van der Waals surface area contributed by atoms with Gasteiger partial charge in [0, 0.05) is 23.7 Å². The van der Waals surface area contributed by atoms with Gasteiger partial charge >= 0.3 is 0 Å². The van der Waals surface area contributed by atoms with Gasteiger partial charge < -0.3 is 0 Å². The summed E-state index contributed by atoms with van der Waals surface area (Å²) in [4.78, 5) is 8.49. The van der Waals surface area contributed by atoms with Crippen LogP contribution in [0.3, 0.4) is 0 Å². The van der Waals surface area contributed by atoms with Crippen LogP contribution >= 0.6 is 0 Å². The van der Waals surface area contributed by atoms with Crippen molar-refractivity contribution >= 4 is 0 Å². The Morgan fingerprint density at radius 1 is 1.19 bits per heavy atom. The zero-order valence-electron chi connectivity index (χ0n) is 9.23. The number of nitrogens with zero attached hydrogens (tertiary/aromatic N) is 3. The molecule has 0 fully saturated rings. The fraction of sp³-hybridized carbons (Fsp3) is 0.154. The van der Waals surface area contributed by atoms with Crippen molar-refractivity contribution < 1.29 is 0 Å². The minimum atomic E-state index is 0.603. The highest BCUT2D eigenvalue weighted by Gasteiger charge is 2.06. The number of rotatable bonds is 1. The quantitative estimate of drug-likeness (QED) is 0.725. The van der Waals surface area contributed by atoms with Crippen LogP contribution in [0.1, 0.15) is 16.8 Å². The Bertz CT molecular complexity index is 568. The molecule has 0 amide bonds. The highest BCUT2D eigenvalue weighted by molar-refractivity contribution is 5.66. The fourth-order valence-electron chi connectivity index (χ4n) is 1.48. The standard InChI is InChI=1S/C13H11N3/c1-9-3-4-13(16-10(9)2)12-8-15-6-5-11(12)7-14/h3-6,8H,1-2H3. The van der Waals surface area contributed by atoms with E-state index in [4.69, 9.17) is 5.26 Å². The predicted octanol–water partition coefficient (Wildman–Crippen LogP) is 2.63. The van der Waals surface area contributed by atoms with Crippen LogP contribution in [0, 0.1) is 25.2 Å². The molecule has 2 aromatic rings. The van der Waals surface area contributed by atoms with Crippen molar-refractivity contribution in [3.63, 3.8) is 0 Å². The summed E-state index contributed by atoms with van der Waals surface area (Å²) in [5, 5.41) is 9.00. The van der Waals surface area contributed by atoms with E-state index >= 15 is 0 Å². The molecule has 3 heteroatoms. The molecule has 0 saturated carbocycles. The lowest BCUT2D eigenvalue weighted by molar-refractivity contribution is 1.15. The van der Waals surface area contributed by atoms with Gasteiger partial charge in [-0.1, -0.05) is 6.07 Å². The second kappa shape index (κ2) is 4.11. The number of pyridine rings is 2. The molecule has 0 N–H and O–H groups in total. The second-order valence-electron chi connectivity index (χ2n) is 3.63. The summed E-state index contributed by atoms with van der Waals surface area (Å²) >= 11 is 0. The maximum absolute atomic E-state index is 9.00. The van der Waals surface area contributed by atoms with Gasteiger partial charge in [0.2, 0.25) is 0 Å². The van der Waals surface area contributed by atoms with Crippen molar-refractivity contribution in [2.75, 3.05) is 0 Å². The smallest absolute Gasteiger partial charge is 0.0999 e. The van der Waals surface area contributed by atoms with Crippen LogP contribution in [-0.4, -0.2) is 9.97 Å². The first-order valence-electron chi connectivity index (χ1n) is 5.01. The van der Waals surface area contributed by atoms with Crippen LogP contribution in [-0.2, 0) is 0 Å². The van der Waals surface area contributed by atoms with Gasteiger partial charge in [0.1, 0.15) is 0 Å². The summed E-state index contributed by atoms with van der Waals surface area (Å²) in [6.07, 6.45) is 3.29. The van der Waals surface area contributed by atoms with E-state index in [2.05, 4.69) is 16.0 Å². The third-order valence-electron chi connectivity index (χ3n) is 2.57. The largest absolute Gasteiger partial charge is 0.264 e. The van der Waals surface area contributed by atoms with Crippen LogP contribution in [0.4, 0.5) is 0 Å². The molecule has 0 saturated heterocycles. The van der Waals surface area contributed by atoms with E-state index < -0.39 is 0 Å². The van der Waals surface area contributed by atoms with Crippen LogP contribution in [0.25, 0.3) is 11.3 Å². The zero-order valence-corrected chi connectivity index (χ0v) is 9.23. The third-order valence-corrected chi connectivity index (χ3v) is 2.57. The molecular weight excluding hydrogens is 198 g/mol. The first kappa shape index (κ1) is 10.3. The number of hydrogen-bond donors (Lipinski definition) is 0. The molecule has 2 aromatic heterocycles. The minimum absolute atomic E-state index is 0.603. The van der Waals surface area contributed by atoms with Gasteiger partial charge in [-0.2, -0.15) is 5.26 Å². The van der Waals surface area contributed by atoms with E-state index in [0.29, 0.717) is 5.56 Å². The highest BCUT2D eigenvalue weighted by atomic mass is 14.7. The Hall–Kier alpha value is -2.21. The zero-order chi connectivity index (χ0) is 11.5. The summed E-state index contributed by atoms with van der Waals surface area (Å²) in [7, 11) is 0. The monoisotopic (exact) mass is 209 g/mol. The number of aromatic nitrogens is 2. The van der Waals surface area contributed by atoms with E-state index in [1.54, 1.807) is 18.5 Å². The molecule has 0 spiro atoms. The van der Waals surface area contributed by atoms with E-state index in [-0.39, 0.29) is 0 Å². The Morgan fingerprint density at radius 2 is 2.00 bits per heavy atom. The van der Waals surface area contributed by atoms with E-state index in [0.717, 1.165) is 22.5 Å². The van der Waals surface area contributed by atoms with E-state index in [9.17, 15) is 0 Å². The summed E-state index contributed by atoms with van der Waals surface area (Å²) in [5.74, 6) is 0. The number of hydrogen-bond acceptors (Lipinski definition) is 3. The van der Waals surface area contributed by atoms with Crippen molar-refractivity contribution in [1.29, 1.82) is 5.26 Å². The van der Waals surface area contributed by atoms with Gasteiger partial charge in [0.25, 0.3) is 0 Å². The second-order valence-corrected chi connectivity index (χ2v) is 3.63. The highest BCUT2D eigenvalue weighted by Crippen LogP contribution is 2.21. The summed E-state index contributed by atoms with van der Waals surface area (Å²) in [6, 6.07) is 7.77. The summed E-state index contributed by atoms with van der Waals surface area (Å²) < 4.78 is 0. The lowest BCUT2D eigenvalue weighted by Crippen LogP contribution is -1.93. The first-order valence-corrected chi connectivity index (χ1v) is 5.01. The lowest BCUT2D eigenvalue weighted by Gasteiger charge is -2.05. The number of aryl methyl sites for hydroxylation is 2.